The predicted molar refractivity (Wildman–Crippen MR) is 99.3 cm³/mol. The van der Waals surface area contributed by atoms with Crippen molar-refractivity contribution in [2.75, 3.05) is 0 Å². The molecule has 4 aromatic rings. The average Bonchev–Trinajstić information content (AvgIpc) is 2.99. The number of hydrogen-bond donors (Lipinski definition) is 0. The highest BCUT2D eigenvalue weighted by Crippen LogP contribution is 2.24. The lowest BCUT2D eigenvalue weighted by Gasteiger charge is -2.08. The lowest BCUT2D eigenvalue weighted by Crippen LogP contribution is -2.40. The number of benzene rings is 1. The van der Waals surface area contributed by atoms with Gasteiger partial charge in [0.1, 0.15) is 29.9 Å². The van der Waals surface area contributed by atoms with Gasteiger partial charge >= 0.3 is 5.56 Å². The number of halogens is 2. The number of aromatic nitrogens is 3. The fraction of sp³-hybridized carbons (Fsp3) is 0.150. The van der Waals surface area contributed by atoms with Crippen LogP contribution >= 0.6 is 11.6 Å². The Balaban J connectivity index is 1.99. The standard InChI is InChI=1S/C20H16ClFN3O2/c1-12-19(13(2)27-23-12)16-11-24(10-14-9-15(22)6-7-17(14)21)18-5-3-4-8-25(18)20(16)26/h3-9,11H,10H2,1-2H3/q+1. The molecule has 0 spiro atoms. The highest BCUT2D eigenvalue weighted by molar-refractivity contribution is 6.31. The Hall–Kier alpha value is -2.99. The van der Waals surface area contributed by atoms with Gasteiger partial charge in [-0.1, -0.05) is 22.8 Å². The van der Waals surface area contributed by atoms with E-state index in [1.807, 2.05) is 16.7 Å². The first kappa shape index (κ1) is 17.4. The minimum Gasteiger partial charge on any atom is -0.361 e. The number of fused-ring (bicyclic) bond motifs is 1. The molecule has 0 N–H and O–H groups in total. The summed E-state index contributed by atoms with van der Waals surface area (Å²) in [7, 11) is 0. The van der Waals surface area contributed by atoms with E-state index >= 15 is 0 Å². The Labute approximate surface area is 159 Å². The molecule has 27 heavy (non-hydrogen) atoms. The highest BCUT2D eigenvalue weighted by Gasteiger charge is 2.23. The molecule has 3 aromatic heterocycles. The van der Waals surface area contributed by atoms with Crippen molar-refractivity contribution in [3.05, 3.63) is 87.0 Å². The van der Waals surface area contributed by atoms with Gasteiger partial charge in [-0.2, -0.15) is 4.40 Å². The van der Waals surface area contributed by atoms with Crippen molar-refractivity contribution in [3.63, 3.8) is 0 Å². The van der Waals surface area contributed by atoms with E-state index in [9.17, 15) is 9.18 Å². The lowest BCUT2D eigenvalue weighted by molar-refractivity contribution is -0.665. The summed E-state index contributed by atoms with van der Waals surface area (Å²) in [6.45, 7) is 3.86. The van der Waals surface area contributed by atoms with Gasteiger partial charge in [-0.3, -0.25) is 0 Å². The van der Waals surface area contributed by atoms with Gasteiger partial charge in [0.05, 0.1) is 17.5 Å². The van der Waals surface area contributed by atoms with Gasteiger partial charge in [0.25, 0.3) is 5.65 Å². The second-order valence-corrected chi connectivity index (χ2v) is 6.75. The van der Waals surface area contributed by atoms with E-state index in [0.717, 1.165) is 0 Å². The SMILES string of the molecule is Cc1noc(C)c1-c1c[n+](Cc2cc(F)ccc2Cl)c2ccccn2c1=O. The number of hydrogen-bond acceptors (Lipinski definition) is 3. The summed E-state index contributed by atoms with van der Waals surface area (Å²) in [6.07, 6.45) is 3.44. The van der Waals surface area contributed by atoms with E-state index in [1.165, 1.54) is 18.2 Å². The molecule has 1 aromatic carbocycles. The molecule has 0 aliphatic rings. The van der Waals surface area contributed by atoms with Gasteiger partial charge in [0.2, 0.25) is 0 Å². The second-order valence-electron chi connectivity index (χ2n) is 6.34. The minimum absolute atomic E-state index is 0.179. The molecule has 0 unspecified atom stereocenters. The molecule has 0 saturated carbocycles. The van der Waals surface area contributed by atoms with Crippen LogP contribution in [0.3, 0.4) is 0 Å². The number of pyridine rings is 1. The molecule has 0 aliphatic carbocycles. The molecule has 0 amide bonds. The molecular weight excluding hydrogens is 369 g/mol. The molecule has 0 saturated heterocycles. The molecule has 136 valence electrons. The van der Waals surface area contributed by atoms with Gasteiger partial charge in [-0.25, -0.2) is 13.8 Å². The normalized spacial score (nSPS) is 11.3. The van der Waals surface area contributed by atoms with Crippen molar-refractivity contribution in [2.45, 2.75) is 20.4 Å². The number of nitrogens with zero attached hydrogens (tertiary/aromatic N) is 3. The Morgan fingerprint density at radius 3 is 2.81 bits per heavy atom. The smallest absolute Gasteiger partial charge is 0.350 e. The first-order chi connectivity index (χ1) is 13.0. The Kier molecular flexibility index (Phi) is 4.28. The van der Waals surface area contributed by atoms with Crippen LogP contribution in [0.15, 0.2) is 58.1 Å². The average molecular weight is 385 g/mol. The maximum absolute atomic E-state index is 13.7. The summed E-state index contributed by atoms with van der Waals surface area (Å²) >= 11 is 6.24. The van der Waals surface area contributed by atoms with Gasteiger partial charge in [-0.05, 0) is 38.1 Å². The molecule has 0 bridgehead atoms. The Morgan fingerprint density at radius 1 is 1.26 bits per heavy atom. The Bertz CT molecular complexity index is 1210. The van der Waals surface area contributed by atoms with Gasteiger partial charge < -0.3 is 4.52 Å². The lowest BCUT2D eigenvalue weighted by atomic mass is 10.1. The second kappa shape index (κ2) is 6.63. The van der Waals surface area contributed by atoms with Crippen molar-refractivity contribution in [3.8, 4) is 11.1 Å². The third-order valence-electron chi connectivity index (χ3n) is 4.52. The minimum atomic E-state index is -0.363. The summed E-state index contributed by atoms with van der Waals surface area (Å²) in [4.78, 5) is 13.1. The number of aryl methyl sites for hydroxylation is 2. The first-order valence-corrected chi connectivity index (χ1v) is 8.74. The quantitative estimate of drug-likeness (QED) is 0.506. The van der Waals surface area contributed by atoms with Crippen LogP contribution in [0.2, 0.25) is 5.02 Å². The largest absolute Gasteiger partial charge is 0.361 e. The molecule has 0 aliphatic heterocycles. The van der Waals surface area contributed by atoms with Crippen molar-refractivity contribution >= 4 is 17.2 Å². The summed E-state index contributed by atoms with van der Waals surface area (Å²) in [5, 5.41) is 4.41. The highest BCUT2D eigenvalue weighted by atomic mass is 35.5. The third-order valence-corrected chi connectivity index (χ3v) is 4.89. The molecule has 0 radical (unpaired) electrons. The van der Waals surface area contributed by atoms with Crippen LogP contribution in [0.4, 0.5) is 4.39 Å². The van der Waals surface area contributed by atoms with Crippen molar-refractivity contribution in [2.24, 2.45) is 0 Å². The van der Waals surface area contributed by atoms with Crippen LogP contribution in [0.1, 0.15) is 17.0 Å². The van der Waals surface area contributed by atoms with E-state index < -0.39 is 0 Å². The van der Waals surface area contributed by atoms with E-state index in [1.54, 1.807) is 36.7 Å². The van der Waals surface area contributed by atoms with E-state index in [0.29, 0.717) is 45.4 Å². The van der Waals surface area contributed by atoms with Crippen LogP contribution in [-0.4, -0.2) is 9.56 Å². The third kappa shape index (κ3) is 3.02. The molecule has 0 fully saturated rings. The predicted octanol–water partition coefficient (Wildman–Crippen LogP) is 3.70. The van der Waals surface area contributed by atoms with Crippen molar-refractivity contribution < 1.29 is 13.5 Å². The maximum atomic E-state index is 13.7. The van der Waals surface area contributed by atoms with E-state index in [4.69, 9.17) is 16.1 Å². The van der Waals surface area contributed by atoms with Gasteiger partial charge in [0, 0.05) is 16.7 Å². The molecular formula is C20H16ClFN3O2+. The van der Waals surface area contributed by atoms with Crippen LogP contribution in [0.5, 0.6) is 0 Å². The van der Waals surface area contributed by atoms with Crippen LogP contribution in [0, 0.1) is 19.7 Å². The van der Waals surface area contributed by atoms with Crippen LogP contribution in [-0.2, 0) is 6.54 Å². The summed E-state index contributed by atoms with van der Waals surface area (Å²) < 4.78 is 22.3. The Morgan fingerprint density at radius 2 is 2.07 bits per heavy atom. The zero-order valence-corrected chi connectivity index (χ0v) is 15.5. The monoisotopic (exact) mass is 384 g/mol. The van der Waals surface area contributed by atoms with E-state index in [2.05, 4.69) is 5.16 Å². The van der Waals surface area contributed by atoms with Crippen molar-refractivity contribution in [1.82, 2.24) is 9.56 Å². The zero-order chi connectivity index (χ0) is 19.1. The summed E-state index contributed by atoms with van der Waals surface area (Å²) in [5.74, 6) is 0.203. The number of rotatable bonds is 3. The topological polar surface area (TPSA) is 51.4 Å². The summed E-state index contributed by atoms with van der Waals surface area (Å²) in [5.41, 5.74) is 2.87. The molecule has 5 nitrogen and oxygen atoms in total. The fourth-order valence-electron chi connectivity index (χ4n) is 3.26. The molecule has 0 atom stereocenters. The molecule has 7 heteroatoms. The zero-order valence-electron chi connectivity index (χ0n) is 14.7. The van der Waals surface area contributed by atoms with Crippen LogP contribution in [0.25, 0.3) is 16.8 Å². The molecule has 3 heterocycles. The van der Waals surface area contributed by atoms with Crippen LogP contribution < -0.4 is 10.1 Å². The molecule has 4 rings (SSSR count). The summed E-state index contributed by atoms with van der Waals surface area (Å²) in [6, 6.07) is 9.69. The van der Waals surface area contributed by atoms with Gasteiger partial charge in [0.15, 0.2) is 0 Å². The first-order valence-electron chi connectivity index (χ1n) is 8.36. The van der Waals surface area contributed by atoms with E-state index in [-0.39, 0.29) is 11.4 Å². The fourth-order valence-corrected chi connectivity index (χ4v) is 3.44. The van der Waals surface area contributed by atoms with Gasteiger partial charge in [-0.15, -0.1) is 0 Å². The maximum Gasteiger partial charge on any atom is 0.350 e. The van der Waals surface area contributed by atoms with Crippen molar-refractivity contribution in [1.29, 1.82) is 0 Å².